The Bertz CT molecular complexity index is 722. The van der Waals surface area contributed by atoms with Crippen LogP contribution in [0.3, 0.4) is 0 Å². The molecule has 0 N–H and O–H groups in total. The van der Waals surface area contributed by atoms with Gasteiger partial charge < -0.3 is 0 Å². The van der Waals surface area contributed by atoms with E-state index in [0.29, 0.717) is 5.02 Å². The van der Waals surface area contributed by atoms with E-state index in [1.807, 2.05) is 0 Å². The van der Waals surface area contributed by atoms with Gasteiger partial charge >= 0.3 is 0 Å². The number of carbonyl (C=O) groups is 1. The van der Waals surface area contributed by atoms with Crippen molar-refractivity contribution in [2.24, 2.45) is 0 Å². The van der Waals surface area contributed by atoms with E-state index in [-0.39, 0.29) is 10.5 Å². The molecule has 0 aromatic heterocycles. The molecule has 0 bridgehead atoms. The smallest absolute Gasteiger partial charge is 0.185 e. The molecule has 0 aliphatic carbocycles. The summed E-state index contributed by atoms with van der Waals surface area (Å²) < 4.78 is 36.8. The van der Waals surface area contributed by atoms with Crippen LogP contribution < -0.4 is 0 Å². The van der Waals surface area contributed by atoms with Gasteiger partial charge in [-0.1, -0.05) is 11.6 Å². The third-order valence-corrected chi connectivity index (χ3v) is 4.54. The van der Waals surface area contributed by atoms with E-state index in [9.17, 15) is 17.6 Å². The summed E-state index contributed by atoms with van der Waals surface area (Å²) in [5.41, 5.74) is 0.264. The van der Waals surface area contributed by atoms with Crippen LogP contribution in [0.15, 0.2) is 53.4 Å². The van der Waals surface area contributed by atoms with Gasteiger partial charge in [-0.05, 0) is 48.5 Å². The quantitative estimate of drug-likeness (QED) is 0.644. The second kappa shape index (κ2) is 5.73. The number of Topliss-reactive ketones (excluding diaryl/α,β-unsaturated/α-hetero) is 1. The zero-order valence-electron chi connectivity index (χ0n) is 10.2. The second-order valence-electron chi connectivity index (χ2n) is 4.14. The maximum Gasteiger partial charge on any atom is 0.185 e. The fourth-order valence-corrected chi connectivity index (χ4v) is 2.97. The van der Waals surface area contributed by atoms with Crippen LogP contribution in [-0.4, -0.2) is 20.0 Å². The Labute approximate surface area is 120 Å². The first-order chi connectivity index (χ1) is 9.38. The Kier molecular flexibility index (Phi) is 4.20. The van der Waals surface area contributed by atoms with E-state index in [1.54, 1.807) is 0 Å². The number of sulfone groups is 1. The van der Waals surface area contributed by atoms with Gasteiger partial charge in [0.1, 0.15) is 11.6 Å². The highest BCUT2D eigenvalue weighted by Gasteiger charge is 2.20. The number of benzene rings is 2. The molecule has 6 heteroatoms. The van der Waals surface area contributed by atoms with E-state index in [0.717, 1.165) is 24.3 Å². The summed E-state index contributed by atoms with van der Waals surface area (Å²) in [4.78, 5) is 11.8. The number of ketones is 1. The van der Waals surface area contributed by atoms with Gasteiger partial charge in [-0.3, -0.25) is 4.79 Å². The third-order valence-electron chi connectivity index (χ3n) is 2.66. The van der Waals surface area contributed by atoms with Crippen LogP contribution in [0.1, 0.15) is 10.4 Å². The summed E-state index contributed by atoms with van der Waals surface area (Å²) in [7, 11) is -3.78. The first-order valence-corrected chi connectivity index (χ1v) is 7.68. The molecule has 104 valence electrons. The molecule has 3 nitrogen and oxygen atoms in total. The number of halogens is 2. The molecule has 2 aromatic rings. The standard InChI is InChI=1S/C14H10ClFO3S/c15-11-3-1-10(2-4-11)14(17)9-20(18,19)13-7-5-12(16)6-8-13/h1-8H,9H2. The topological polar surface area (TPSA) is 51.2 Å². The monoisotopic (exact) mass is 312 g/mol. The molecule has 0 radical (unpaired) electrons. The van der Waals surface area contributed by atoms with Crippen molar-refractivity contribution in [3.05, 3.63) is 64.9 Å². The molecular weight excluding hydrogens is 303 g/mol. The zero-order valence-corrected chi connectivity index (χ0v) is 11.8. The normalized spacial score (nSPS) is 11.3. The fourth-order valence-electron chi connectivity index (χ4n) is 1.62. The lowest BCUT2D eigenvalue weighted by Gasteiger charge is -2.04. The van der Waals surface area contributed by atoms with E-state index in [2.05, 4.69) is 0 Å². The van der Waals surface area contributed by atoms with Crippen LogP contribution >= 0.6 is 11.6 Å². The van der Waals surface area contributed by atoms with Crippen molar-refractivity contribution < 1.29 is 17.6 Å². The number of hydrogen-bond donors (Lipinski definition) is 0. The molecular formula is C14H10ClFO3S. The molecule has 0 amide bonds. The molecule has 0 saturated carbocycles. The van der Waals surface area contributed by atoms with Gasteiger partial charge in [-0.25, -0.2) is 12.8 Å². The summed E-state index contributed by atoms with van der Waals surface area (Å²) in [6.07, 6.45) is 0. The lowest BCUT2D eigenvalue weighted by Crippen LogP contribution is -2.16. The van der Waals surface area contributed by atoms with E-state index < -0.39 is 27.2 Å². The average molecular weight is 313 g/mol. The molecule has 0 fully saturated rings. The van der Waals surface area contributed by atoms with Crippen molar-refractivity contribution in [1.29, 1.82) is 0 Å². The summed E-state index contributed by atoms with van der Waals surface area (Å²) in [6, 6.07) is 10.3. The summed E-state index contributed by atoms with van der Waals surface area (Å²) in [5.74, 6) is -1.74. The van der Waals surface area contributed by atoms with Gasteiger partial charge in [0.05, 0.1) is 4.90 Å². The Hall–Kier alpha value is -1.72. The third kappa shape index (κ3) is 3.43. The molecule has 0 saturated heterocycles. The maximum atomic E-state index is 12.8. The number of hydrogen-bond acceptors (Lipinski definition) is 3. The van der Waals surface area contributed by atoms with Crippen molar-refractivity contribution >= 4 is 27.2 Å². The summed E-state index contributed by atoms with van der Waals surface area (Å²) >= 11 is 5.70. The molecule has 20 heavy (non-hydrogen) atoms. The Balaban J connectivity index is 2.22. The van der Waals surface area contributed by atoms with Crippen molar-refractivity contribution in [2.45, 2.75) is 4.90 Å². The van der Waals surface area contributed by atoms with Crippen LogP contribution in [-0.2, 0) is 9.84 Å². The highest BCUT2D eigenvalue weighted by molar-refractivity contribution is 7.92. The Morgan fingerprint density at radius 3 is 2.10 bits per heavy atom. The highest BCUT2D eigenvalue weighted by atomic mass is 35.5. The SMILES string of the molecule is O=C(CS(=O)(=O)c1ccc(F)cc1)c1ccc(Cl)cc1. The predicted molar refractivity (Wildman–Crippen MR) is 74.2 cm³/mol. The zero-order chi connectivity index (χ0) is 14.8. The highest BCUT2D eigenvalue weighted by Crippen LogP contribution is 2.15. The minimum Gasteiger partial charge on any atom is -0.293 e. The minimum absolute atomic E-state index is 0.0822. The van der Waals surface area contributed by atoms with Crippen LogP contribution in [0.25, 0.3) is 0 Å². The molecule has 0 heterocycles. The van der Waals surface area contributed by atoms with Gasteiger partial charge in [0, 0.05) is 10.6 Å². The van der Waals surface area contributed by atoms with E-state index in [4.69, 9.17) is 11.6 Å². The Morgan fingerprint density at radius 1 is 1.00 bits per heavy atom. The fraction of sp³-hybridized carbons (Fsp3) is 0.0714. The summed E-state index contributed by atoms with van der Waals surface area (Å²) in [6.45, 7) is 0. The maximum absolute atomic E-state index is 12.8. The van der Waals surface area contributed by atoms with Crippen molar-refractivity contribution in [1.82, 2.24) is 0 Å². The van der Waals surface area contributed by atoms with Gasteiger partial charge in [0.15, 0.2) is 15.6 Å². The molecule has 0 unspecified atom stereocenters. The Morgan fingerprint density at radius 2 is 1.55 bits per heavy atom. The van der Waals surface area contributed by atoms with Crippen LogP contribution in [0, 0.1) is 5.82 Å². The lowest BCUT2D eigenvalue weighted by molar-refractivity contribution is 0.102. The molecule has 2 aromatic carbocycles. The molecule has 0 atom stereocenters. The van der Waals surface area contributed by atoms with Gasteiger partial charge in [0.25, 0.3) is 0 Å². The first kappa shape index (κ1) is 14.7. The first-order valence-electron chi connectivity index (χ1n) is 5.65. The molecule has 0 spiro atoms. The predicted octanol–water partition coefficient (Wildman–Crippen LogP) is 3.14. The molecule has 2 rings (SSSR count). The largest absolute Gasteiger partial charge is 0.293 e. The van der Waals surface area contributed by atoms with Gasteiger partial charge in [0.2, 0.25) is 0 Å². The van der Waals surface area contributed by atoms with Crippen LogP contribution in [0.4, 0.5) is 4.39 Å². The van der Waals surface area contributed by atoms with E-state index >= 15 is 0 Å². The number of carbonyl (C=O) groups excluding carboxylic acids is 1. The number of rotatable bonds is 4. The lowest BCUT2D eigenvalue weighted by atomic mass is 10.1. The molecule has 0 aliphatic rings. The van der Waals surface area contributed by atoms with Crippen molar-refractivity contribution in [2.75, 3.05) is 5.75 Å². The summed E-state index contributed by atoms with van der Waals surface area (Å²) in [5, 5.41) is 0.461. The second-order valence-corrected chi connectivity index (χ2v) is 6.57. The molecule has 0 aliphatic heterocycles. The van der Waals surface area contributed by atoms with Crippen LogP contribution in [0.2, 0.25) is 5.02 Å². The van der Waals surface area contributed by atoms with Crippen LogP contribution in [0.5, 0.6) is 0 Å². The van der Waals surface area contributed by atoms with Gasteiger partial charge in [-0.15, -0.1) is 0 Å². The van der Waals surface area contributed by atoms with Crippen molar-refractivity contribution in [3.8, 4) is 0 Å². The van der Waals surface area contributed by atoms with Gasteiger partial charge in [-0.2, -0.15) is 0 Å². The minimum atomic E-state index is -3.78. The average Bonchev–Trinajstić information content (AvgIpc) is 2.39. The van der Waals surface area contributed by atoms with Crippen molar-refractivity contribution in [3.63, 3.8) is 0 Å². The van der Waals surface area contributed by atoms with E-state index in [1.165, 1.54) is 24.3 Å².